The van der Waals surface area contributed by atoms with Gasteiger partial charge in [-0.15, -0.1) is 12.4 Å². The van der Waals surface area contributed by atoms with E-state index in [2.05, 4.69) is 54.4 Å². The summed E-state index contributed by atoms with van der Waals surface area (Å²) in [4.78, 5) is 2.37. The molecule has 30 heavy (non-hydrogen) atoms. The minimum atomic E-state index is 0. The molecule has 4 heteroatoms. The molecule has 0 fully saturated rings. The Kier molecular flexibility index (Phi) is 7.56. The second kappa shape index (κ2) is 10.3. The van der Waals surface area contributed by atoms with Crippen LogP contribution in [0.5, 0.6) is 11.5 Å². The molecule has 3 nitrogen and oxygen atoms in total. The summed E-state index contributed by atoms with van der Waals surface area (Å²) in [5.74, 6) is 1.20. The Morgan fingerprint density at radius 3 is 2.50 bits per heavy atom. The van der Waals surface area contributed by atoms with Crippen LogP contribution in [-0.2, 0) is 6.42 Å². The zero-order valence-electron chi connectivity index (χ0n) is 17.3. The lowest BCUT2D eigenvalue weighted by Gasteiger charge is -2.21. The quantitative estimate of drug-likeness (QED) is 0.564. The van der Waals surface area contributed by atoms with Gasteiger partial charge in [-0.1, -0.05) is 60.7 Å². The standard InChI is InChI=1S/C26H27NO2.ClH/c1-27(16-14-20-8-3-2-4-9-20)19-22-15-17-29-25-13-6-5-12-24(25)26(22)21-10-7-11-23(28)18-21;/h2-13,18,28H,14-17,19H2,1H3;1H. The fourth-order valence-corrected chi connectivity index (χ4v) is 3.95. The first-order valence-electron chi connectivity index (χ1n) is 10.2. The van der Waals surface area contributed by atoms with Crippen LogP contribution in [0.15, 0.2) is 84.4 Å². The Labute approximate surface area is 185 Å². The Morgan fingerprint density at radius 1 is 0.933 bits per heavy atom. The molecule has 0 aliphatic carbocycles. The molecule has 0 radical (unpaired) electrons. The molecule has 0 spiro atoms. The molecule has 4 rings (SSSR count). The van der Waals surface area contributed by atoms with Gasteiger partial charge in [-0.25, -0.2) is 0 Å². The third-order valence-corrected chi connectivity index (χ3v) is 5.39. The summed E-state index contributed by atoms with van der Waals surface area (Å²) < 4.78 is 6.05. The highest BCUT2D eigenvalue weighted by molar-refractivity contribution is 5.86. The van der Waals surface area contributed by atoms with E-state index in [4.69, 9.17) is 4.74 Å². The van der Waals surface area contributed by atoms with Crippen molar-refractivity contribution in [2.24, 2.45) is 0 Å². The molecular weight excluding hydrogens is 394 g/mol. The van der Waals surface area contributed by atoms with Crippen molar-refractivity contribution in [3.05, 3.63) is 101 Å². The van der Waals surface area contributed by atoms with Crippen molar-refractivity contribution in [1.29, 1.82) is 0 Å². The minimum absolute atomic E-state index is 0. The zero-order valence-corrected chi connectivity index (χ0v) is 18.1. The third-order valence-electron chi connectivity index (χ3n) is 5.39. The summed E-state index contributed by atoms with van der Waals surface area (Å²) in [5.41, 5.74) is 6.02. The molecule has 0 saturated heterocycles. The smallest absolute Gasteiger partial charge is 0.127 e. The van der Waals surface area contributed by atoms with Gasteiger partial charge in [-0.3, -0.25) is 0 Å². The van der Waals surface area contributed by atoms with Crippen molar-refractivity contribution in [3.63, 3.8) is 0 Å². The van der Waals surface area contributed by atoms with Crippen LogP contribution in [0.4, 0.5) is 0 Å². The number of fused-ring (bicyclic) bond motifs is 1. The fourth-order valence-electron chi connectivity index (χ4n) is 3.95. The summed E-state index contributed by atoms with van der Waals surface area (Å²) in [6.45, 7) is 2.53. The van der Waals surface area contributed by atoms with Crippen molar-refractivity contribution in [2.45, 2.75) is 12.8 Å². The Hall–Kier alpha value is -2.75. The van der Waals surface area contributed by atoms with E-state index < -0.39 is 0 Å². The fraction of sp³-hybridized carbons (Fsp3) is 0.231. The molecule has 3 aromatic carbocycles. The van der Waals surface area contributed by atoms with E-state index in [1.807, 2.05) is 30.3 Å². The van der Waals surface area contributed by atoms with E-state index in [1.54, 1.807) is 6.07 Å². The maximum atomic E-state index is 10.1. The lowest BCUT2D eigenvalue weighted by atomic mass is 9.91. The minimum Gasteiger partial charge on any atom is -0.508 e. The van der Waals surface area contributed by atoms with Crippen LogP contribution in [0.1, 0.15) is 23.1 Å². The Morgan fingerprint density at radius 2 is 1.70 bits per heavy atom. The number of phenols is 1. The van der Waals surface area contributed by atoms with Gasteiger partial charge in [0.05, 0.1) is 6.61 Å². The molecule has 1 heterocycles. The van der Waals surface area contributed by atoms with Crippen LogP contribution in [-0.4, -0.2) is 36.8 Å². The predicted octanol–water partition coefficient (Wildman–Crippen LogP) is 5.57. The second-order valence-electron chi connectivity index (χ2n) is 7.60. The average molecular weight is 422 g/mol. The van der Waals surface area contributed by atoms with E-state index in [1.165, 1.54) is 16.7 Å². The molecule has 156 valence electrons. The molecule has 0 aromatic heterocycles. The first kappa shape index (κ1) is 21.9. The van der Waals surface area contributed by atoms with Crippen molar-refractivity contribution in [1.82, 2.24) is 4.90 Å². The van der Waals surface area contributed by atoms with E-state index >= 15 is 0 Å². The average Bonchev–Trinajstić information content (AvgIpc) is 2.92. The lowest BCUT2D eigenvalue weighted by Crippen LogP contribution is -2.24. The summed E-state index contributed by atoms with van der Waals surface area (Å²) in [7, 11) is 2.17. The first-order valence-corrected chi connectivity index (χ1v) is 10.2. The van der Waals surface area contributed by atoms with Gasteiger partial charge in [0.1, 0.15) is 11.5 Å². The number of nitrogens with zero attached hydrogens (tertiary/aromatic N) is 1. The molecule has 1 aliphatic heterocycles. The largest absolute Gasteiger partial charge is 0.508 e. The molecular formula is C26H28ClNO2. The summed E-state index contributed by atoms with van der Waals surface area (Å²) in [5, 5.41) is 10.1. The van der Waals surface area contributed by atoms with Crippen molar-refractivity contribution >= 4 is 18.0 Å². The highest BCUT2D eigenvalue weighted by Crippen LogP contribution is 2.37. The predicted molar refractivity (Wildman–Crippen MR) is 126 cm³/mol. The number of phenolic OH excluding ortho intramolecular Hbond substituents is 1. The molecule has 0 bridgehead atoms. The molecule has 0 unspecified atom stereocenters. The van der Waals surface area contributed by atoms with E-state index in [0.717, 1.165) is 42.8 Å². The maximum absolute atomic E-state index is 10.1. The number of aromatic hydroxyl groups is 1. The van der Waals surface area contributed by atoms with Crippen LogP contribution in [0.3, 0.4) is 0 Å². The van der Waals surface area contributed by atoms with Crippen LogP contribution in [0.2, 0.25) is 0 Å². The first-order chi connectivity index (χ1) is 14.2. The number of benzene rings is 3. The maximum Gasteiger partial charge on any atom is 0.127 e. The van der Waals surface area contributed by atoms with Gasteiger partial charge in [0.15, 0.2) is 0 Å². The third kappa shape index (κ3) is 5.24. The van der Waals surface area contributed by atoms with Crippen molar-refractivity contribution in [3.8, 4) is 11.5 Å². The summed E-state index contributed by atoms with van der Waals surface area (Å²) in [6.07, 6.45) is 1.90. The number of ether oxygens (including phenoxy) is 1. The number of para-hydroxylation sites is 1. The monoisotopic (exact) mass is 421 g/mol. The molecule has 0 saturated carbocycles. The second-order valence-corrected chi connectivity index (χ2v) is 7.60. The van der Waals surface area contributed by atoms with Gasteiger partial charge in [-0.2, -0.15) is 0 Å². The van der Waals surface area contributed by atoms with Gasteiger partial charge in [0.25, 0.3) is 0 Å². The van der Waals surface area contributed by atoms with E-state index in [9.17, 15) is 5.11 Å². The van der Waals surface area contributed by atoms with Crippen LogP contribution >= 0.6 is 12.4 Å². The Balaban J connectivity index is 0.00000256. The molecule has 3 aromatic rings. The molecule has 0 amide bonds. The number of hydrogen-bond donors (Lipinski definition) is 1. The Bertz CT molecular complexity index is 1000. The number of halogens is 1. The normalized spacial score (nSPS) is 13.3. The van der Waals surface area contributed by atoms with Crippen molar-refractivity contribution < 1.29 is 9.84 Å². The van der Waals surface area contributed by atoms with E-state index in [-0.39, 0.29) is 18.2 Å². The van der Waals surface area contributed by atoms with Crippen LogP contribution < -0.4 is 4.74 Å². The highest BCUT2D eigenvalue weighted by atomic mass is 35.5. The topological polar surface area (TPSA) is 32.7 Å². The van der Waals surface area contributed by atoms with Gasteiger partial charge < -0.3 is 14.7 Å². The van der Waals surface area contributed by atoms with Gasteiger partial charge in [-0.05, 0) is 53.9 Å². The number of likely N-dealkylation sites (N-methyl/N-ethyl adjacent to an activating group) is 1. The van der Waals surface area contributed by atoms with E-state index in [0.29, 0.717) is 6.61 Å². The molecule has 0 atom stereocenters. The zero-order chi connectivity index (χ0) is 20.1. The number of rotatable bonds is 6. The van der Waals surface area contributed by atoms with Gasteiger partial charge in [0.2, 0.25) is 0 Å². The summed E-state index contributed by atoms with van der Waals surface area (Å²) in [6, 6.07) is 26.4. The highest BCUT2D eigenvalue weighted by Gasteiger charge is 2.20. The van der Waals surface area contributed by atoms with Crippen LogP contribution in [0.25, 0.3) is 5.57 Å². The molecule has 1 aliphatic rings. The SMILES string of the molecule is CN(CCc1ccccc1)CC1=C(c2cccc(O)c2)c2ccccc2OCC1.Cl. The molecule has 1 N–H and O–H groups in total. The van der Waals surface area contributed by atoms with Crippen LogP contribution in [0, 0.1) is 0 Å². The lowest BCUT2D eigenvalue weighted by molar-refractivity contribution is 0.312. The number of hydrogen-bond acceptors (Lipinski definition) is 3. The van der Waals surface area contributed by atoms with Crippen molar-refractivity contribution in [2.75, 3.05) is 26.7 Å². The summed E-state index contributed by atoms with van der Waals surface area (Å²) >= 11 is 0. The van der Waals surface area contributed by atoms with Gasteiger partial charge >= 0.3 is 0 Å². The van der Waals surface area contributed by atoms with Gasteiger partial charge in [0, 0.05) is 25.1 Å².